The Kier molecular flexibility index (Phi) is 5.26. The molecule has 0 heterocycles. The Morgan fingerprint density at radius 3 is 2.42 bits per heavy atom. The molecule has 128 valence electrons. The molecule has 3 rings (SSSR count). The Morgan fingerprint density at radius 1 is 1.12 bits per heavy atom. The Hall–Kier alpha value is -1.39. The number of ether oxygens (including phenoxy) is 2. The maximum Gasteiger partial charge on any atom is 0.137 e. The van der Waals surface area contributed by atoms with Gasteiger partial charge in [0.05, 0.1) is 23.8 Å². The van der Waals surface area contributed by atoms with Crippen molar-refractivity contribution in [2.45, 2.75) is 44.8 Å². The SMILES string of the molecule is CC(C)Oc1ccc(C2(COCc3ccc(F)c(Br)c3)CC2)cc1. The molecule has 2 aromatic carbocycles. The number of hydrogen-bond acceptors (Lipinski definition) is 2. The summed E-state index contributed by atoms with van der Waals surface area (Å²) in [5, 5.41) is 0. The summed E-state index contributed by atoms with van der Waals surface area (Å²) in [4.78, 5) is 0. The van der Waals surface area contributed by atoms with Gasteiger partial charge in [-0.1, -0.05) is 18.2 Å². The standard InChI is InChI=1S/C20H22BrFO2/c1-14(2)24-17-6-4-16(5-7-17)20(9-10-20)13-23-12-15-3-8-19(22)18(21)11-15/h3-8,11,14H,9-10,12-13H2,1-2H3. The molecule has 24 heavy (non-hydrogen) atoms. The van der Waals surface area contributed by atoms with Crippen molar-refractivity contribution in [1.29, 1.82) is 0 Å². The van der Waals surface area contributed by atoms with Gasteiger partial charge >= 0.3 is 0 Å². The average molecular weight is 393 g/mol. The smallest absolute Gasteiger partial charge is 0.137 e. The van der Waals surface area contributed by atoms with Gasteiger partial charge in [-0.05, 0) is 78.0 Å². The number of rotatable bonds is 7. The van der Waals surface area contributed by atoms with Gasteiger partial charge in [0.2, 0.25) is 0 Å². The van der Waals surface area contributed by atoms with E-state index in [1.807, 2.05) is 26.0 Å². The lowest BCUT2D eigenvalue weighted by molar-refractivity contribution is 0.100. The summed E-state index contributed by atoms with van der Waals surface area (Å²) in [5.41, 5.74) is 2.41. The molecule has 0 radical (unpaired) electrons. The van der Waals surface area contributed by atoms with Gasteiger partial charge in [0.25, 0.3) is 0 Å². The van der Waals surface area contributed by atoms with Crippen LogP contribution in [0.1, 0.15) is 37.8 Å². The van der Waals surface area contributed by atoms with Gasteiger partial charge in [-0.2, -0.15) is 0 Å². The fraction of sp³-hybridized carbons (Fsp3) is 0.400. The molecule has 0 amide bonds. The van der Waals surface area contributed by atoms with Gasteiger partial charge in [0, 0.05) is 5.41 Å². The van der Waals surface area contributed by atoms with Gasteiger partial charge in [-0.25, -0.2) is 4.39 Å². The summed E-state index contributed by atoms with van der Waals surface area (Å²) in [5.74, 6) is 0.655. The largest absolute Gasteiger partial charge is 0.491 e. The molecule has 0 unspecified atom stereocenters. The van der Waals surface area contributed by atoms with Crippen LogP contribution in [-0.4, -0.2) is 12.7 Å². The maximum absolute atomic E-state index is 13.3. The third-order valence-corrected chi connectivity index (χ3v) is 4.93. The third kappa shape index (κ3) is 4.17. The minimum absolute atomic E-state index is 0.133. The van der Waals surface area contributed by atoms with Crippen LogP contribution in [0.15, 0.2) is 46.9 Å². The van der Waals surface area contributed by atoms with Gasteiger partial charge in [-0.15, -0.1) is 0 Å². The molecule has 1 aliphatic carbocycles. The highest BCUT2D eigenvalue weighted by molar-refractivity contribution is 9.10. The van der Waals surface area contributed by atoms with E-state index in [2.05, 4.69) is 28.1 Å². The summed E-state index contributed by atoms with van der Waals surface area (Å²) in [6.07, 6.45) is 2.47. The quantitative estimate of drug-likeness (QED) is 0.608. The molecular formula is C20H22BrFO2. The second-order valence-corrected chi connectivity index (χ2v) is 7.57. The molecule has 0 N–H and O–H groups in total. The summed E-state index contributed by atoms with van der Waals surface area (Å²) in [7, 11) is 0. The first-order valence-electron chi connectivity index (χ1n) is 8.27. The fourth-order valence-corrected chi connectivity index (χ4v) is 3.25. The molecule has 1 fully saturated rings. The van der Waals surface area contributed by atoms with Crippen LogP contribution >= 0.6 is 15.9 Å². The molecule has 2 nitrogen and oxygen atoms in total. The van der Waals surface area contributed by atoms with Gasteiger partial charge in [0.15, 0.2) is 0 Å². The van der Waals surface area contributed by atoms with Crippen molar-refractivity contribution in [2.24, 2.45) is 0 Å². The predicted octanol–water partition coefficient (Wildman–Crippen LogP) is 5.62. The summed E-state index contributed by atoms with van der Waals surface area (Å²) in [6.45, 7) is 5.23. The van der Waals surface area contributed by atoms with E-state index < -0.39 is 0 Å². The molecule has 0 atom stereocenters. The second-order valence-electron chi connectivity index (χ2n) is 6.71. The van der Waals surface area contributed by atoms with Crippen molar-refractivity contribution < 1.29 is 13.9 Å². The summed E-state index contributed by atoms with van der Waals surface area (Å²) in [6, 6.07) is 13.3. The maximum atomic E-state index is 13.3. The zero-order valence-electron chi connectivity index (χ0n) is 14.0. The molecule has 1 saturated carbocycles. The molecule has 1 aliphatic rings. The van der Waals surface area contributed by atoms with Crippen molar-refractivity contribution in [3.05, 3.63) is 63.9 Å². The first kappa shape index (κ1) is 17.4. The second kappa shape index (κ2) is 7.24. The van der Waals surface area contributed by atoms with E-state index in [1.54, 1.807) is 12.1 Å². The van der Waals surface area contributed by atoms with Gasteiger partial charge in [0.1, 0.15) is 11.6 Å². The highest BCUT2D eigenvalue weighted by Gasteiger charge is 2.44. The summed E-state index contributed by atoms with van der Waals surface area (Å²) < 4.78 is 25.3. The minimum Gasteiger partial charge on any atom is -0.491 e. The van der Waals surface area contributed by atoms with Crippen molar-refractivity contribution in [3.63, 3.8) is 0 Å². The van der Waals surface area contributed by atoms with E-state index in [0.717, 1.165) is 24.2 Å². The molecule has 0 aromatic heterocycles. The summed E-state index contributed by atoms with van der Waals surface area (Å²) >= 11 is 3.21. The van der Waals surface area contributed by atoms with Crippen LogP contribution in [0.25, 0.3) is 0 Å². The van der Waals surface area contributed by atoms with Crippen LogP contribution in [0.5, 0.6) is 5.75 Å². The van der Waals surface area contributed by atoms with Gasteiger partial charge in [-0.3, -0.25) is 0 Å². The predicted molar refractivity (Wildman–Crippen MR) is 96.9 cm³/mol. The van der Waals surface area contributed by atoms with Crippen molar-refractivity contribution in [1.82, 2.24) is 0 Å². The van der Waals surface area contributed by atoms with Crippen molar-refractivity contribution in [3.8, 4) is 5.75 Å². The van der Waals surface area contributed by atoms with Crippen LogP contribution in [0, 0.1) is 5.82 Å². The Labute approximate surface area is 151 Å². The Balaban J connectivity index is 1.57. The molecule has 0 spiro atoms. The van der Waals surface area contributed by atoms with E-state index in [4.69, 9.17) is 9.47 Å². The molecule has 0 saturated heterocycles. The van der Waals surface area contributed by atoms with Crippen LogP contribution < -0.4 is 4.74 Å². The number of benzene rings is 2. The van der Waals surface area contributed by atoms with E-state index in [1.165, 1.54) is 11.6 Å². The van der Waals surface area contributed by atoms with Crippen molar-refractivity contribution in [2.75, 3.05) is 6.61 Å². The molecule has 4 heteroatoms. The lowest BCUT2D eigenvalue weighted by Crippen LogP contribution is -2.15. The first-order chi connectivity index (χ1) is 11.5. The average Bonchev–Trinajstić information content (AvgIpc) is 3.32. The molecular weight excluding hydrogens is 371 g/mol. The van der Waals surface area contributed by atoms with Crippen LogP contribution in [0.4, 0.5) is 4.39 Å². The highest BCUT2D eigenvalue weighted by atomic mass is 79.9. The fourth-order valence-electron chi connectivity index (χ4n) is 2.82. The lowest BCUT2D eigenvalue weighted by atomic mass is 9.97. The Morgan fingerprint density at radius 2 is 1.83 bits per heavy atom. The van der Waals surface area contributed by atoms with E-state index in [9.17, 15) is 4.39 Å². The minimum atomic E-state index is -0.249. The van der Waals surface area contributed by atoms with E-state index in [0.29, 0.717) is 17.7 Å². The Bertz CT molecular complexity index is 693. The van der Waals surface area contributed by atoms with E-state index in [-0.39, 0.29) is 17.3 Å². The zero-order chi connectivity index (χ0) is 17.2. The van der Waals surface area contributed by atoms with Crippen LogP contribution in [-0.2, 0) is 16.8 Å². The zero-order valence-corrected chi connectivity index (χ0v) is 15.6. The monoisotopic (exact) mass is 392 g/mol. The van der Waals surface area contributed by atoms with Gasteiger partial charge < -0.3 is 9.47 Å². The first-order valence-corrected chi connectivity index (χ1v) is 9.07. The lowest BCUT2D eigenvalue weighted by Gasteiger charge is -2.17. The van der Waals surface area contributed by atoms with E-state index >= 15 is 0 Å². The third-order valence-electron chi connectivity index (χ3n) is 4.32. The molecule has 0 aliphatic heterocycles. The van der Waals surface area contributed by atoms with Crippen molar-refractivity contribution >= 4 is 15.9 Å². The van der Waals surface area contributed by atoms with Crippen LogP contribution in [0.2, 0.25) is 0 Å². The highest BCUT2D eigenvalue weighted by Crippen LogP contribution is 2.48. The number of hydrogen-bond donors (Lipinski definition) is 0. The molecule has 2 aromatic rings. The number of halogens is 2. The normalized spacial score (nSPS) is 15.5. The molecule has 0 bridgehead atoms. The topological polar surface area (TPSA) is 18.5 Å². The van der Waals surface area contributed by atoms with Crippen LogP contribution in [0.3, 0.4) is 0 Å².